The van der Waals surface area contributed by atoms with E-state index in [9.17, 15) is 23.1 Å². The normalized spacial score (nSPS) is 22.4. The van der Waals surface area contributed by atoms with E-state index in [-0.39, 0.29) is 18.4 Å². The zero-order valence-corrected chi connectivity index (χ0v) is 14.2. The van der Waals surface area contributed by atoms with Crippen molar-refractivity contribution < 1.29 is 23.1 Å². The molecule has 130 valence electrons. The summed E-state index contributed by atoms with van der Waals surface area (Å²) < 4.78 is 24.5. The average Bonchev–Trinajstić information content (AvgIpc) is 2.93. The average molecular weight is 352 g/mol. The van der Waals surface area contributed by atoms with Crippen molar-refractivity contribution in [3.05, 3.63) is 29.8 Å². The first-order valence-corrected chi connectivity index (χ1v) is 9.72. The maximum absolute atomic E-state index is 12.9. The monoisotopic (exact) mass is 352 g/mol. The van der Waals surface area contributed by atoms with Crippen molar-refractivity contribution in [2.75, 3.05) is 30.8 Å². The van der Waals surface area contributed by atoms with Gasteiger partial charge in [-0.15, -0.1) is 0 Å². The number of nitrogens with zero attached hydrogens (tertiary/aromatic N) is 2. The Morgan fingerprint density at radius 2 is 1.79 bits per heavy atom. The topological polar surface area (TPSA) is 95.0 Å². The Hall–Kier alpha value is -1.93. The van der Waals surface area contributed by atoms with Crippen LogP contribution in [0.5, 0.6) is 0 Å². The number of hydrogen-bond donors (Lipinski definition) is 1. The van der Waals surface area contributed by atoms with Gasteiger partial charge in [-0.25, -0.2) is 12.7 Å². The zero-order valence-electron chi connectivity index (χ0n) is 13.4. The molecule has 1 atom stereocenters. The van der Waals surface area contributed by atoms with Crippen LogP contribution in [0.1, 0.15) is 24.3 Å². The first-order chi connectivity index (χ1) is 11.3. The predicted octanol–water partition coefficient (Wildman–Crippen LogP) is 0.873. The van der Waals surface area contributed by atoms with Crippen LogP contribution < -0.4 is 4.90 Å². The molecule has 0 aromatic heterocycles. The second kappa shape index (κ2) is 6.18. The van der Waals surface area contributed by atoms with Crippen LogP contribution >= 0.6 is 0 Å². The van der Waals surface area contributed by atoms with Crippen LogP contribution in [0.3, 0.4) is 0 Å². The third-order valence-electron chi connectivity index (χ3n) is 4.80. The van der Waals surface area contributed by atoms with E-state index in [1.807, 2.05) is 0 Å². The van der Waals surface area contributed by atoms with Crippen LogP contribution in [0.2, 0.25) is 0 Å². The van der Waals surface area contributed by atoms with Crippen molar-refractivity contribution in [3.8, 4) is 0 Å². The fourth-order valence-corrected chi connectivity index (χ4v) is 4.36. The molecule has 0 bridgehead atoms. The summed E-state index contributed by atoms with van der Waals surface area (Å²) in [5.41, 5.74) is 1.31. The Bertz CT molecular complexity index is 768. The molecular formula is C16H20N2O5S. The number of carboxylic acids is 1. The van der Waals surface area contributed by atoms with Crippen LogP contribution in [-0.2, 0) is 19.6 Å². The predicted molar refractivity (Wildman–Crippen MR) is 88.3 cm³/mol. The van der Waals surface area contributed by atoms with E-state index in [0.29, 0.717) is 37.2 Å². The summed E-state index contributed by atoms with van der Waals surface area (Å²) in [6.07, 6.45) is 2.09. The van der Waals surface area contributed by atoms with Crippen molar-refractivity contribution in [3.63, 3.8) is 0 Å². The molecule has 1 N–H and O–H groups in total. The van der Waals surface area contributed by atoms with Crippen LogP contribution in [0.25, 0.3) is 0 Å². The van der Waals surface area contributed by atoms with E-state index < -0.39 is 21.9 Å². The number of carbonyl (C=O) groups is 2. The molecule has 24 heavy (non-hydrogen) atoms. The largest absolute Gasteiger partial charge is 0.481 e. The number of carbonyl (C=O) groups excluding carboxylic acids is 1. The summed E-state index contributed by atoms with van der Waals surface area (Å²) in [7, 11) is -3.23. The summed E-state index contributed by atoms with van der Waals surface area (Å²) in [4.78, 5) is 25.9. The van der Waals surface area contributed by atoms with E-state index in [0.717, 1.165) is 0 Å². The highest BCUT2D eigenvalue weighted by Crippen LogP contribution is 2.38. The minimum atomic E-state index is -3.23. The fraction of sp³-hybridized carbons (Fsp3) is 0.500. The van der Waals surface area contributed by atoms with Gasteiger partial charge in [0.1, 0.15) is 5.92 Å². The second-order valence-corrected chi connectivity index (χ2v) is 8.32. The van der Waals surface area contributed by atoms with Gasteiger partial charge in [-0.2, -0.15) is 0 Å². The summed E-state index contributed by atoms with van der Waals surface area (Å²) in [5, 5.41) is 9.38. The fourth-order valence-electron chi connectivity index (χ4n) is 3.48. The molecule has 1 saturated heterocycles. The number of sulfonamides is 1. The highest BCUT2D eigenvalue weighted by atomic mass is 32.2. The van der Waals surface area contributed by atoms with E-state index in [4.69, 9.17) is 0 Å². The van der Waals surface area contributed by atoms with Gasteiger partial charge < -0.3 is 10.0 Å². The van der Waals surface area contributed by atoms with E-state index >= 15 is 0 Å². The molecule has 2 aliphatic rings. The SMILES string of the molecule is CS(=O)(=O)N1CCC(C(=O)N2C[C@H](C(=O)O)c3ccccc32)CC1. The number of aliphatic carboxylic acids is 1. The van der Waals surface area contributed by atoms with Gasteiger partial charge in [0.2, 0.25) is 15.9 Å². The number of hydrogen-bond acceptors (Lipinski definition) is 4. The van der Waals surface area contributed by atoms with Gasteiger partial charge in [0.25, 0.3) is 0 Å². The van der Waals surface area contributed by atoms with Crippen LogP contribution in [-0.4, -0.2) is 55.6 Å². The van der Waals surface area contributed by atoms with Gasteiger partial charge in [-0.05, 0) is 24.5 Å². The van der Waals surface area contributed by atoms with Crippen LogP contribution in [0, 0.1) is 5.92 Å². The number of amides is 1. The number of benzene rings is 1. The van der Waals surface area contributed by atoms with Gasteiger partial charge in [0.15, 0.2) is 0 Å². The van der Waals surface area contributed by atoms with Crippen LogP contribution in [0.15, 0.2) is 24.3 Å². The molecule has 1 aromatic carbocycles. The smallest absolute Gasteiger partial charge is 0.312 e. The quantitative estimate of drug-likeness (QED) is 0.871. The van der Waals surface area contributed by atoms with Crippen molar-refractivity contribution in [2.24, 2.45) is 5.92 Å². The molecule has 1 amide bonds. The maximum Gasteiger partial charge on any atom is 0.312 e. The Labute approximate surface area is 140 Å². The molecule has 2 aliphatic heterocycles. The number of para-hydroxylation sites is 1. The van der Waals surface area contributed by atoms with E-state index in [2.05, 4.69) is 0 Å². The molecule has 0 spiro atoms. The lowest BCUT2D eigenvalue weighted by atomic mass is 9.96. The molecule has 0 unspecified atom stereocenters. The lowest BCUT2D eigenvalue weighted by Gasteiger charge is -2.32. The standard InChI is InChI=1S/C16H20N2O5S/c1-24(22,23)17-8-6-11(7-9-17)15(19)18-10-13(16(20)21)12-4-2-3-5-14(12)18/h2-5,11,13H,6-10H2,1H3,(H,20,21)/t13-/m0/s1. The van der Waals surface area contributed by atoms with Gasteiger partial charge in [0.05, 0.1) is 6.26 Å². The Kier molecular flexibility index (Phi) is 4.35. The van der Waals surface area contributed by atoms with Crippen molar-refractivity contribution in [2.45, 2.75) is 18.8 Å². The maximum atomic E-state index is 12.9. The minimum absolute atomic E-state index is 0.112. The molecule has 0 radical (unpaired) electrons. The molecule has 0 aliphatic carbocycles. The third kappa shape index (κ3) is 3.03. The number of anilines is 1. The third-order valence-corrected chi connectivity index (χ3v) is 6.11. The van der Waals surface area contributed by atoms with Crippen molar-refractivity contribution in [1.82, 2.24) is 4.31 Å². The first kappa shape index (κ1) is 16.9. The summed E-state index contributed by atoms with van der Waals surface area (Å²) in [6, 6.07) is 7.07. The summed E-state index contributed by atoms with van der Waals surface area (Å²) in [5.74, 6) is -2.03. The molecular weight excluding hydrogens is 332 g/mol. The van der Waals surface area contributed by atoms with Crippen LogP contribution in [0.4, 0.5) is 5.69 Å². The van der Waals surface area contributed by atoms with E-state index in [1.165, 1.54) is 10.6 Å². The minimum Gasteiger partial charge on any atom is -0.481 e. The highest BCUT2D eigenvalue weighted by Gasteiger charge is 2.39. The molecule has 3 rings (SSSR count). The van der Waals surface area contributed by atoms with Gasteiger partial charge in [-0.1, -0.05) is 18.2 Å². The lowest BCUT2D eigenvalue weighted by molar-refractivity contribution is -0.138. The number of fused-ring (bicyclic) bond motifs is 1. The van der Waals surface area contributed by atoms with Crippen molar-refractivity contribution >= 4 is 27.6 Å². The number of carboxylic acid groups (broad SMARTS) is 1. The molecule has 0 saturated carbocycles. The summed E-state index contributed by atoms with van der Waals surface area (Å²) >= 11 is 0. The molecule has 7 nitrogen and oxygen atoms in total. The Morgan fingerprint density at radius 1 is 1.17 bits per heavy atom. The van der Waals surface area contributed by atoms with Crippen molar-refractivity contribution in [1.29, 1.82) is 0 Å². The lowest BCUT2D eigenvalue weighted by Crippen LogP contribution is -2.44. The first-order valence-electron chi connectivity index (χ1n) is 7.87. The summed E-state index contributed by atoms with van der Waals surface area (Å²) in [6.45, 7) is 0.792. The molecule has 1 aromatic rings. The van der Waals surface area contributed by atoms with Gasteiger partial charge in [-0.3, -0.25) is 9.59 Å². The highest BCUT2D eigenvalue weighted by molar-refractivity contribution is 7.88. The molecule has 2 heterocycles. The molecule has 8 heteroatoms. The van der Waals surface area contributed by atoms with Gasteiger partial charge in [0, 0.05) is 31.2 Å². The van der Waals surface area contributed by atoms with Gasteiger partial charge >= 0.3 is 5.97 Å². The zero-order chi connectivity index (χ0) is 17.5. The number of rotatable bonds is 3. The Morgan fingerprint density at radius 3 is 2.38 bits per heavy atom. The molecule has 1 fully saturated rings. The number of piperidine rings is 1. The van der Waals surface area contributed by atoms with E-state index in [1.54, 1.807) is 29.2 Å². The second-order valence-electron chi connectivity index (χ2n) is 6.33. The Balaban J connectivity index is 1.76.